The lowest BCUT2D eigenvalue weighted by Gasteiger charge is -2.13. The van der Waals surface area contributed by atoms with Crippen LogP contribution < -0.4 is 0 Å². The number of hydrogen-bond acceptors (Lipinski definition) is 2. The molecule has 0 heterocycles. The SMILES string of the molecule is C[Si](C)(C)CC/C=C/S(=O)(=O)c1ccc(Cl)cc1. The highest BCUT2D eigenvalue weighted by Crippen LogP contribution is 2.17. The van der Waals surface area contributed by atoms with Gasteiger partial charge in [-0.1, -0.05) is 43.4 Å². The molecule has 2 nitrogen and oxygen atoms in total. The molecule has 0 aliphatic carbocycles. The van der Waals surface area contributed by atoms with Gasteiger partial charge in [0.05, 0.1) is 4.90 Å². The molecule has 0 radical (unpaired) electrons. The van der Waals surface area contributed by atoms with Gasteiger partial charge in [0.1, 0.15) is 0 Å². The van der Waals surface area contributed by atoms with E-state index >= 15 is 0 Å². The Morgan fingerprint density at radius 2 is 1.72 bits per heavy atom. The molecule has 0 bridgehead atoms. The molecule has 0 atom stereocenters. The van der Waals surface area contributed by atoms with Gasteiger partial charge in [0, 0.05) is 18.5 Å². The second-order valence-corrected chi connectivity index (χ2v) is 13.4. The molecular formula is C13H19ClO2SSi. The van der Waals surface area contributed by atoms with Crippen molar-refractivity contribution in [2.24, 2.45) is 0 Å². The minimum atomic E-state index is -3.32. The normalized spacial score (nSPS) is 13.1. The van der Waals surface area contributed by atoms with Gasteiger partial charge in [0.25, 0.3) is 0 Å². The van der Waals surface area contributed by atoms with Gasteiger partial charge >= 0.3 is 0 Å². The van der Waals surface area contributed by atoms with Crippen molar-refractivity contribution < 1.29 is 8.42 Å². The van der Waals surface area contributed by atoms with Crippen LogP contribution >= 0.6 is 11.6 Å². The Bertz CT molecular complexity index is 513. The second-order valence-electron chi connectivity index (χ2n) is 5.47. The summed E-state index contributed by atoms with van der Waals surface area (Å²) in [6, 6.07) is 7.33. The molecule has 1 aromatic carbocycles. The van der Waals surface area contributed by atoms with Crippen LogP contribution in [0.3, 0.4) is 0 Å². The first kappa shape index (κ1) is 15.5. The third kappa shape index (κ3) is 5.37. The lowest BCUT2D eigenvalue weighted by atomic mass is 10.4. The molecule has 0 saturated carbocycles. The fourth-order valence-corrected chi connectivity index (χ4v) is 3.63. The topological polar surface area (TPSA) is 34.1 Å². The van der Waals surface area contributed by atoms with Crippen LogP contribution in [0, 0.1) is 0 Å². The third-order valence-electron chi connectivity index (χ3n) is 2.48. The Morgan fingerprint density at radius 1 is 1.17 bits per heavy atom. The molecule has 100 valence electrons. The minimum absolute atomic E-state index is 0.288. The molecule has 0 saturated heterocycles. The van der Waals surface area contributed by atoms with E-state index in [1.165, 1.54) is 17.5 Å². The highest BCUT2D eigenvalue weighted by molar-refractivity contribution is 7.94. The molecule has 0 spiro atoms. The quantitative estimate of drug-likeness (QED) is 0.758. The van der Waals surface area contributed by atoms with E-state index in [1.54, 1.807) is 18.2 Å². The van der Waals surface area contributed by atoms with E-state index in [0.717, 1.165) is 12.5 Å². The Kier molecular flexibility index (Phi) is 5.19. The van der Waals surface area contributed by atoms with Gasteiger partial charge in [-0.15, -0.1) is 0 Å². The van der Waals surface area contributed by atoms with Crippen molar-refractivity contribution in [3.63, 3.8) is 0 Å². The minimum Gasteiger partial charge on any atom is -0.219 e. The van der Waals surface area contributed by atoms with Crippen molar-refractivity contribution in [2.45, 2.75) is 37.0 Å². The van der Waals surface area contributed by atoms with E-state index in [2.05, 4.69) is 19.6 Å². The zero-order valence-corrected chi connectivity index (χ0v) is 13.6. The Labute approximate surface area is 116 Å². The highest BCUT2D eigenvalue weighted by Gasteiger charge is 2.12. The van der Waals surface area contributed by atoms with Crippen molar-refractivity contribution in [3.05, 3.63) is 40.8 Å². The Hall–Kier alpha value is -0.583. The zero-order valence-electron chi connectivity index (χ0n) is 11.0. The molecule has 0 fully saturated rings. The van der Waals surface area contributed by atoms with Crippen LogP contribution in [-0.2, 0) is 9.84 Å². The molecule has 0 N–H and O–H groups in total. The Morgan fingerprint density at radius 3 is 2.22 bits per heavy atom. The van der Waals surface area contributed by atoms with Gasteiger partial charge in [-0.25, -0.2) is 8.42 Å². The van der Waals surface area contributed by atoms with Crippen LogP contribution in [0.2, 0.25) is 30.7 Å². The monoisotopic (exact) mass is 302 g/mol. The molecule has 1 aromatic rings. The average molecular weight is 303 g/mol. The maximum absolute atomic E-state index is 11.9. The maximum Gasteiger partial charge on any atom is 0.199 e. The summed E-state index contributed by atoms with van der Waals surface area (Å²) in [5, 5.41) is 1.84. The zero-order chi connectivity index (χ0) is 13.8. The number of benzene rings is 1. The number of allylic oxidation sites excluding steroid dienone is 1. The van der Waals surface area contributed by atoms with Crippen molar-refractivity contribution in [2.75, 3.05) is 0 Å². The molecule has 5 heteroatoms. The lowest BCUT2D eigenvalue weighted by molar-refractivity contribution is 0.604. The number of sulfone groups is 1. The van der Waals surface area contributed by atoms with Crippen molar-refractivity contribution in [3.8, 4) is 0 Å². The lowest BCUT2D eigenvalue weighted by Crippen LogP contribution is -2.18. The summed E-state index contributed by atoms with van der Waals surface area (Å²) in [5.74, 6) is 0. The van der Waals surface area contributed by atoms with Crippen LogP contribution in [0.1, 0.15) is 6.42 Å². The standard InChI is InChI=1S/C13H19ClO2SSi/c1-18(2,3)11-5-4-10-17(15,16)13-8-6-12(14)7-9-13/h4,6-10H,5,11H2,1-3H3/b10-4+. The summed E-state index contributed by atoms with van der Waals surface area (Å²) in [4.78, 5) is 0.288. The fourth-order valence-electron chi connectivity index (χ4n) is 1.41. The molecule has 0 aromatic heterocycles. The molecule has 0 unspecified atom stereocenters. The number of halogens is 1. The van der Waals surface area contributed by atoms with Crippen LogP contribution in [0.25, 0.3) is 0 Å². The van der Waals surface area contributed by atoms with Crippen LogP contribution in [0.15, 0.2) is 40.6 Å². The highest BCUT2D eigenvalue weighted by atomic mass is 35.5. The van der Waals surface area contributed by atoms with Gasteiger partial charge in [-0.3, -0.25) is 0 Å². The van der Waals surface area contributed by atoms with E-state index in [-0.39, 0.29) is 4.90 Å². The molecule has 0 aliphatic heterocycles. The fraction of sp³-hybridized carbons (Fsp3) is 0.385. The number of rotatable bonds is 5. The summed E-state index contributed by atoms with van der Waals surface area (Å²) in [5.41, 5.74) is 0. The summed E-state index contributed by atoms with van der Waals surface area (Å²) in [6.07, 6.45) is 2.57. The molecule has 18 heavy (non-hydrogen) atoms. The molecular weight excluding hydrogens is 284 g/mol. The van der Waals surface area contributed by atoms with Crippen LogP contribution in [0.4, 0.5) is 0 Å². The van der Waals surface area contributed by atoms with E-state index in [1.807, 2.05) is 0 Å². The molecule has 1 rings (SSSR count). The van der Waals surface area contributed by atoms with Crippen molar-refractivity contribution >= 4 is 29.5 Å². The maximum atomic E-state index is 11.9. The number of hydrogen-bond donors (Lipinski definition) is 0. The van der Waals surface area contributed by atoms with Gasteiger partial charge in [-0.05, 0) is 30.7 Å². The first-order valence-corrected chi connectivity index (χ1v) is 11.5. The van der Waals surface area contributed by atoms with Crippen LogP contribution in [-0.4, -0.2) is 16.5 Å². The third-order valence-corrected chi connectivity index (χ3v) is 6.00. The van der Waals surface area contributed by atoms with Crippen molar-refractivity contribution in [1.29, 1.82) is 0 Å². The van der Waals surface area contributed by atoms with E-state index in [0.29, 0.717) is 5.02 Å². The van der Waals surface area contributed by atoms with E-state index < -0.39 is 17.9 Å². The largest absolute Gasteiger partial charge is 0.219 e. The van der Waals surface area contributed by atoms with Gasteiger partial charge in [-0.2, -0.15) is 0 Å². The second kappa shape index (κ2) is 6.04. The summed E-state index contributed by atoms with van der Waals surface area (Å²) in [6.45, 7) is 6.82. The van der Waals surface area contributed by atoms with E-state index in [4.69, 9.17) is 11.6 Å². The van der Waals surface area contributed by atoms with Gasteiger partial charge in [0.2, 0.25) is 0 Å². The van der Waals surface area contributed by atoms with Crippen LogP contribution in [0.5, 0.6) is 0 Å². The molecule has 0 aliphatic rings. The van der Waals surface area contributed by atoms with Gasteiger partial charge in [0.15, 0.2) is 9.84 Å². The summed E-state index contributed by atoms with van der Waals surface area (Å²) in [7, 11) is -4.42. The average Bonchev–Trinajstić information content (AvgIpc) is 2.24. The predicted molar refractivity (Wildman–Crippen MR) is 80.5 cm³/mol. The van der Waals surface area contributed by atoms with Gasteiger partial charge < -0.3 is 0 Å². The summed E-state index contributed by atoms with van der Waals surface area (Å²) < 4.78 is 23.9. The first-order chi connectivity index (χ1) is 8.21. The molecule has 0 amide bonds. The first-order valence-electron chi connectivity index (χ1n) is 5.88. The van der Waals surface area contributed by atoms with Crippen molar-refractivity contribution in [1.82, 2.24) is 0 Å². The summed E-state index contributed by atoms with van der Waals surface area (Å²) >= 11 is 5.73. The Balaban J connectivity index is 2.71. The van der Waals surface area contributed by atoms with E-state index in [9.17, 15) is 8.42 Å². The smallest absolute Gasteiger partial charge is 0.199 e. The predicted octanol–water partition coefficient (Wildman–Crippen LogP) is 4.36.